The van der Waals surface area contributed by atoms with Crippen LogP contribution in [0.15, 0.2) is 54.6 Å². The first kappa shape index (κ1) is 14.6. The van der Waals surface area contributed by atoms with Gasteiger partial charge in [0.15, 0.2) is 0 Å². The fraction of sp³-hybridized carbons (Fsp3) is 0.176. The molecule has 1 aliphatic rings. The third-order valence-electron chi connectivity index (χ3n) is 3.73. The number of carbonyl (C=O) groups excluding carboxylic acids is 2. The first-order valence-electron chi connectivity index (χ1n) is 7.04. The molecule has 0 heterocycles. The molecular formula is C17H15ClN2O2. The summed E-state index contributed by atoms with van der Waals surface area (Å²) in [6.45, 7) is 0. The number of anilines is 2. The molecule has 22 heavy (non-hydrogen) atoms. The largest absolute Gasteiger partial charge is 0.325 e. The second kappa shape index (κ2) is 5.81. The van der Waals surface area contributed by atoms with Crippen molar-refractivity contribution < 1.29 is 9.59 Å². The summed E-state index contributed by atoms with van der Waals surface area (Å²) in [7, 11) is 0. The van der Waals surface area contributed by atoms with Crippen LogP contribution >= 0.6 is 11.6 Å². The highest BCUT2D eigenvalue weighted by Crippen LogP contribution is 2.47. The summed E-state index contributed by atoms with van der Waals surface area (Å²) in [6.07, 6.45) is 1.11. The summed E-state index contributed by atoms with van der Waals surface area (Å²) in [5.41, 5.74) is 0.309. The molecule has 0 atom stereocenters. The van der Waals surface area contributed by atoms with E-state index in [4.69, 9.17) is 11.6 Å². The number of rotatable bonds is 4. The smallest absolute Gasteiger partial charge is 0.240 e. The van der Waals surface area contributed by atoms with Gasteiger partial charge in [0.1, 0.15) is 5.41 Å². The molecule has 0 aliphatic heterocycles. The number of carbonyl (C=O) groups is 2. The molecule has 3 rings (SSSR count). The fourth-order valence-electron chi connectivity index (χ4n) is 2.27. The lowest BCUT2D eigenvalue weighted by Gasteiger charge is -2.15. The predicted molar refractivity (Wildman–Crippen MR) is 86.8 cm³/mol. The Morgan fingerprint density at radius 2 is 1.45 bits per heavy atom. The van der Waals surface area contributed by atoms with Crippen LogP contribution in [0.1, 0.15) is 12.8 Å². The third kappa shape index (κ3) is 2.97. The van der Waals surface area contributed by atoms with Crippen LogP contribution in [0.5, 0.6) is 0 Å². The lowest BCUT2D eigenvalue weighted by atomic mass is 10.0. The summed E-state index contributed by atoms with van der Waals surface area (Å²) in [6, 6.07) is 16.0. The zero-order valence-corrected chi connectivity index (χ0v) is 12.6. The SMILES string of the molecule is O=C(Nc1ccccc1)C1(C(=O)Nc2cccc(Cl)c2)CC1. The van der Waals surface area contributed by atoms with Gasteiger partial charge < -0.3 is 10.6 Å². The minimum atomic E-state index is -0.974. The molecular weight excluding hydrogens is 300 g/mol. The van der Waals surface area contributed by atoms with Crippen molar-refractivity contribution in [1.29, 1.82) is 0 Å². The zero-order chi connectivity index (χ0) is 15.6. The van der Waals surface area contributed by atoms with E-state index in [2.05, 4.69) is 10.6 Å². The van der Waals surface area contributed by atoms with Crippen LogP contribution in [-0.4, -0.2) is 11.8 Å². The normalized spacial score (nSPS) is 15.0. The molecule has 2 aromatic rings. The van der Waals surface area contributed by atoms with E-state index in [9.17, 15) is 9.59 Å². The highest BCUT2D eigenvalue weighted by atomic mass is 35.5. The van der Waals surface area contributed by atoms with E-state index in [0.29, 0.717) is 29.2 Å². The fourth-order valence-corrected chi connectivity index (χ4v) is 2.46. The average Bonchev–Trinajstić information content (AvgIpc) is 3.30. The van der Waals surface area contributed by atoms with Gasteiger partial charge in [-0.05, 0) is 43.2 Å². The van der Waals surface area contributed by atoms with Crippen molar-refractivity contribution >= 4 is 34.8 Å². The second-order valence-corrected chi connectivity index (χ2v) is 5.80. The van der Waals surface area contributed by atoms with Crippen molar-refractivity contribution in [2.24, 2.45) is 5.41 Å². The molecule has 5 heteroatoms. The first-order valence-corrected chi connectivity index (χ1v) is 7.41. The topological polar surface area (TPSA) is 58.2 Å². The zero-order valence-electron chi connectivity index (χ0n) is 11.8. The van der Waals surface area contributed by atoms with Crippen LogP contribution in [0, 0.1) is 5.41 Å². The molecule has 4 nitrogen and oxygen atoms in total. The molecule has 2 aromatic carbocycles. The van der Waals surface area contributed by atoms with Crippen molar-refractivity contribution in [2.45, 2.75) is 12.8 Å². The van der Waals surface area contributed by atoms with Crippen molar-refractivity contribution in [3.05, 3.63) is 59.6 Å². The van der Waals surface area contributed by atoms with Gasteiger partial charge in [0.25, 0.3) is 0 Å². The lowest BCUT2D eigenvalue weighted by Crippen LogP contribution is -2.35. The third-order valence-corrected chi connectivity index (χ3v) is 3.97. The summed E-state index contributed by atoms with van der Waals surface area (Å²) in [5, 5.41) is 6.10. The summed E-state index contributed by atoms with van der Waals surface area (Å²) in [5.74, 6) is -0.554. The molecule has 0 bridgehead atoms. The number of hydrogen-bond donors (Lipinski definition) is 2. The van der Waals surface area contributed by atoms with Crippen LogP contribution in [0.2, 0.25) is 5.02 Å². The molecule has 0 aromatic heterocycles. The summed E-state index contributed by atoms with van der Waals surface area (Å²) < 4.78 is 0. The quantitative estimate of drug-likeness (QED) is 0.845. The Balaban J connectivity index is 1.70. The van der Waals surface area contributed by atoms with Gasteiger partial charge >= 0.3 is 0 Å². The van der Waals surface area contributed by atoms with Gasteiger partial charge in [-0.3, -0.25) is 9.59 Å². The Kier molecular flexibility index (Phi) is 3.86. The molecule has 1 aliphatic carbocycles. The molecule has 112 valence electrons. The van der Waals surface area contributed by atoms with E-state index in [0.717, 1.165) is 0 Å². The minimum absolute atomic E-state index is 0.266. The Morgan fingerprint density at radius 1 is 0.864 bits per heavy atom. The second-order valence-electron chi connectivity index (χ2n) is 5.37. The highest BCUT2D eigenvalue weighted by Gasteiger charge is 2.56. The molecule has 0 saturated heterocycles. The van der Waals surface area contributed by atoms with Crippen LogP contribution in [-0.2, 0) is 9.59 Å². The predicted octanol–water partition coefficient (Wildman–Crippen LogP) is 3.70. The van der Waals surface area contributed by atoms with Crippen molar-refractivity contribution in [2.75, 3.05) is 10.6 Å². The van der Waals surface area contributed by atoms with E-state index >= 15 is 0 Å². The van der Waals surface area contributed by atoms with E-state index in [1.54, 1.807) is 36.4 Å². The number of halogens is 1. The van der Waals surface area contributed by atoms with Gasteiger partial charge in [-0.2, -0.15) is 0 Å². The van der Waals surface area contributed by atoms with Gasteiger partial charge in [-0.15, -0.1) is 0 Å². The van der Waals surface area contributed by atoms with Gasteiger partial charge in [0, 0.05) is 16.4 Å². The molecule has 1 fully saturated rings. The van der Waals surface area contributed by atoms with Crippen LogP contribution in [0.25, 0.3) is 0 Å². The van der Waals surface area contributed by atoms with Crippen molar-refractivity contribution in [3.8, 4) is 0 Å². The molecule has 1 saturated carbocycles. The Hall–Kier alpha value is -2.33. The Morgan fingerprint density at radius 3 is 2.05 bits per heavy atom. The number of hydrogen-bond acceptors (Lipinski definition) is 2. The Bertz CT molecular complexity index is 712. The summed E-state index contributed by atoms with van der Waals surface area (Å²) >= 11 is 5.90. The monoisotopic (exact) mass is 314 g/mol. The molecule has 0 unspecified atom stereocenters. The minimum Gasteiger partial charge on any atom is -0.325 e. The molecule has 2 amide bonds. The number of amides is 2. The first-order chi connectivity index (χ1) is 10.6. The highest BCUT2D eigenvalue weighted by molar-refractivity contribution is 6.31. The van der Waals surface area contributed by atoms with Gasteiger partial charge in [-0.1, -0.05) is 35.9 Å². The van der Waals surface area contributed by atoms with Crippen molar-refractivity contribution in [1.82, 2.24) is 0 Å². The van der Waals surface area contributed by atoms with E-state index in [1.165, 1.54) is 0 Å². The maximum Gasteiger partial charge on any atom is 0.240 e. The van der Waals surface area contributed by atoms with Gasteiger partial charge in [-0.25, -0.2) is 0 Å². The molecule has 2 N–H and O–H groups in total. The molecule has 0 radical (unpaired) electrons. The maximum absolute atomic E-state index is 12.4. The van der Waals surface area contributed by atoms with Gasteiger partial charge in [0.05, 0.1) is 0 Å². The van der Waals surface area contributed by atoms with Gasteiger partial charge in [0.2, 0.25) is 11.8 Å². The summed E-state index contributed by atoms with van der Waals surface area (Å²) in [4.78, 5) is 24.8. The van der Waals surface area contributed by atoms with E-state index in [1.807, 2.05) is 18.2 Å². The maximum atomic E-state index is 12.4. The van der Waals surface area contributed by atoms with Crippen LogP contribution < -0.4 is 10.6 Å². The average molecular weight is 315 g/mol. The van der Waals surface area contributed by atoms with Crippen LogP contribution in [0.3, 0.4) is 0 Å². The number of benzene rings is 2. The van der Waals surface area contributed by atoms with E-state index < -0.39 is 5.41 Å². The van der Waals surface area contributed by atoms with E-state index in [-0.39, 0.29) is 11.8 Å². The standard InChI is InChI=1S/C17H15ClN2O2/c18-12-5-4-8-14(11-12)20-16(22)17(9-10-17)15(21)19-13-6-2-1-3-7-13/h1-8,11H,9-10H2,(H,19,21)(H,20,22). The lowest BCUT2D eigenvalue weighted by molar-refractivity contribution is -0.131. The number of nitrogens with one attached hydrogen (secondary N) is 2. The molecule has 0 spiro atoms. The van der Waals surface area contributed by atoms with Crippen LogP contribution in [0.4, 0.5) is 11.4 Å². The Labute approximate surface area is 133 Å². The van der Waals surface area contributed by atoms with Crippen molar-refractivity contribution in [3.63, 3.8) is 0 Å². The number of para-hydroxylation sites is 1.